The molecule has 0 bridgehead atoms. The Balaban J connectivity index is 1.86. The minimum absolute atomic E-state index is 0.0413. The molecular weight excluding hydrogens is 376 g/mol. The molecule has 2 atom stereocenters. The summed E-state index contributed by atoms with van der Waals surface area (Å²) in [6, 6.07) is 2.27. The molecule has 3 N–H and O–H groups in total. The smallest absolute Gasteiger partial charge is 0.338 e. The summed E-state index contributed by atoms with van der Waals surface area (Å²) >= 11 is 0. The van der Waals surface area contributed by atoms with E-state index in [-0.39, 0.29) is 18.4 Å². The summed E-state index contributed by atoms with van der Waals surface area (Å²) in [5.74, 6) is -0.110. The van der Waals surface area contributed by atoms with Gasteiger partial charge in [-0.2, -0.15) is 0 Å². The Morgan fingerprint density at radius 3 is 2.90 bits per heavy atom. The van der Waals surface area contributed by atoms with Crippen LogP contribution >= 0.6 is 0 Å². The van der Waals surface area contributed by atoms with E-state index in [9.17, 15) is 14.4 Å². The van der Waals surface area contributed by atoms with Gasteiger partial charge < -0.3 is 25.1 Å². The number of hydrogen-bond donors (Lipinski definition) is 3. The molecule has 3 heterocycles. The summed E-state index contributed by atoms with van der Waals surface area (Å²) in [5.41, 5.74) is 0.798. The van der Waals surface area contributed by atoms with Crippen LogP contribution in [0.2, 0.25) is 0 Å². The molecule has 1 saturated heterocycles. The highest BCUT2D eigenvalue weighted by molar-refractivity contribution is 5.95. The number of carbonyl (C=O) groups excluding carboxylic acids is 3. The zero-order valence-electron chi connectivity index (χ0n) is 16.8. The first-order valence-electron chi connectivity index (χ1n) is 10.0. The number of nitrogens with zero attached hydrogens (tertiary/aromatic N) is 1. The Bertz CT molecular complexity index is 774. The summed E-state index contributed by atoms with van der Waals surface area (Å²) in [6.07, 6.45) is 3.19. The summed E-state index contributed by atoms with van der Waals surface area (Å²) in [7, 11) is 0. The molecule has 0 saturated carbocycles. The van der Waals surface area contributed by atoms with Gasteiger partial charge in [-0.1, -0.05) is 0 Å². The van der Waals surface area contributed by atoms with Crippen LogP contribution in [0.5, 0.6) is 0 Å². The lowest BCUT2D eigenvalue weighted by atomic mass is 9.95. The van der Waals surface area contributed by atoms with E-state index in [1.807, 2.05) is 6.92 Å². The number of esters is 1. The van der Waals surface area contributed by atoms with Crippen LogP contribution in [0, 0.1) is 5.92 Å². The molecule has 2 unspecified atom stereocenters. The second kappa shape index (κ2) is 9.60. The Morgan fingerprint density at radius 1 is 1.38 bits per heavy atom. The predicted octanol–water partition coefficient (Wildman–Crippen LogP) is 1.30. The summed E-state index contributed by atoms with van der Waals surface area (Å²) < 4.78 is 10.7. The van der Waals surface area contributed by atoms with E-state index < -0.39 is 18.0 Å². The average molecular weight is 404 g/mol. The van der Waals surface area contributed by atoms with Gasteiger partial charge in [0.2, 0.25) is 5.91 Å². The number of urea groups is 1. The number of ether oxygens (including phenoxy) is 1. The molecule has 1 fully saturated rings. The van der Waals surface area contributed by atoms with Crippen molar-refractivity contribution < 1.29 is 23.5 Å². The van der Waals surface area contributed by atoms with E-state index in [1.165, 1.54) is 6.26 Å². The number of amides is 3. The van der Waals surface area contributed by atoms with Crippen LogP contribution < -0.4 is 16.0 Å². The number of carbonyl (C=O) groups is 3. The van der Waals surface area contributed by atoms with Crippen molar-refractivity contribution in [3.63, 3.8) is 0 Å². The summed E-state index contributed by atoms with van der Waals surface area (Å²) in [4.78, 5) is 39.3. The zero-order valence-corrected chi connectivity index (χ0v) is 16.8. The Hall–Kier alpha value is -2.81. The fraction of sp³-hybridized carbons (Fsp3) is 0.550. The van der Waals surface area contributed by atoms with Crippen LogP contribution in [0.3, 0.4) is 0 Å². The molecule has 9 heteroatoms. The first-order valence-corrected chi connectivity index (χ1v) is 10.0. The third kappa shape index (κ3) is 4.97. The Kier molecular flexibility index (Phi) is 6.92. The van der Waals surface area contributed by atoms with Gasteiger partial charge in [0.25, 0.3) is 0 Å². The number of piperidine rings is 1. The third-order valence-electron chi connectivity index (χ3n) is 5.09. The molecule has 2 aliphatic rings. The predicted molar refractivity (Wildman–Crippen MR) is 105 cm³/mol. The van der Waals surface area contributed by atoms with Crippen molar-refractivity contribution in [1.29, 1.82) is 0 Å². The fourth-order valence-electron chi connectivity index (χ4n) is 3.82. The quantitative estimate of drug-likeness (QED) is 0.591. The highest BCUT2D eigenvalue weighted by Crippen LogP contribution is 2.29. The van der Waals surface area contributed by atoms with Crippen molar-refractivity contribution in [3.8, 4) is 0 Å². The van der Waals surface area contributed by atoms with Crippen molar-refractivity contribution in [2.24, 2.45) is 5.92 Å². The lowest BCUT2D eigenvalue weighted by molar-refractivity contribution is -0.139. The minimum Gasteiger partial charge on any atom is -0.467 e. The first kappa shape index (κ1) is 20.9. The van der Waals surface area contributed by atoms with Crippen LogP contribution in [-0.4, -0.2) is 55.6 Å². The van der Waals surface area contributed by atoms with Gasteiger partial charge in [-0.3, -0.25) is 9.69 Å². The van der Waals surface area contributed by atoms with Crippen molar-refractivity contribution >= 4 is 17.9 Å². The summed E-state index contributed by atoms with van der Waals surface area (Å²) in [5, 5.41) is 8.37. The second-order valence-electron chi connectivity index (χ2n) is 7.13. The first-order chi connectivity index (χ1) is 14.0. The van der Waals surface area contributed by atoms with E-state index in [0.29, 0.717) is 36.7 Å². The van der Waals surface area contributed by atoms with Gasteiger partial charge in [-0.15, -0.1) is 0 Å². The molecule has 1 aromatic heterocycles. The lowest BCUT2D eigenvalue weighted by Gasteiger charge is -2.35. The van der Waals surface area contributed by atoms with E-state index in [0.717, 1.165) is 19.4 Å². The summed E-state index contributed by atoms with van der Waals surface area (Å²) in [6.45, 7) is 6.14. The number of likely N-dealkylation sites (tertiary alicyclic amines) is 1. The van der Waals surface area contributed by atoms with Gasteiger partial charge in [0.05, 0.1) is 24.4 Å². The van der Waals surface area contributed by atoms with Crippen LogP contribution in [-0.2, 0) is 14.3 Å². The number of hydrogen-bond acceptors (Lipinski definition) is 6. The molecule has 158 valence electrons. The molecule has 0 aromatic carbocycles. The molecule has 3 amide bonds. The normalized spacial score (nSPS) is 22.6. The average Bonchev–Trinajstić information content (AvgIpc) is 3.23. The van der Waals surface area contributed by atoms with Crippen LogP contribution in [0.1, 0.15) is 38.5 Å². The molecule has 0 aliphatic carbocycles. The van der Waals surface area contributed by atoms with E-state index >= 15 is 0 Å². The van der Waals surface area contributed by atoms with Crippen molar-refractivity contribution in [2.75, 3.05) is 32.8 Å². The molecule has 3 rings (SSSR count). The van der Waals surface area contributed by atoms with Crippen molar-refractivity contribution in [3.05, 3.63) is 35.4 Å². The van der Waals surface area contributed by atoms with Crippen LogP contribution in [0.25, 0.3) is 0 Å². The fourth-order valence-corrected chi connectivity index (χ4v) is 3.82. The molecular formula is C20H28N4O5. The number of rotatable bonds is 7. The maximum absolute atomic E-state index is 12.7. The van der Waals surface area contributed by atoms with Gasteiger partial charge in [0.15, 0.2) is 0 Å². The zero-order chi connectivity index (χ0) is 20.8. The van der Waals surface area contributed by atoms with Gasteiger partial charge in [-0.25, -0.2) is 9.59 Å². The van der Waals surface area contributed by atoms with Crippen LogP contribution in [0.15, 0.2) is 34.1 Å². The molecule has 29 heavy (non-hydrogen) atoms. The SMILES string of the molecule is CCNC(=O)C1CCCN(CC2=C(C(=O)OCC)C(c3ccco3)NC(=O)N2)C1. The molecule has 0 radical (unpaired) electrons. The topological polar surface area (TPSA) is 113 Å². The lowest BCUT2D eigenvalue weighted by Crippen LogP contribution is -2.50. The Labute approximate surface area is 169 Å². The molecule has 2 aliphatic heterocycles. The largest absolute Gasteiger partial charge is 0.467 e. The van der Waals surface area contributed by atoms with Gasteiger partial charge in [0.1, 0.15) is 11.8 Å². The molecule has 1 aromatic rings. The van der Waals surface area contributed by atoms with Gasteiger partial charge >= 0.3 is 12.0 Å². The van der Waals surface area contributed by atoms with Gasteiger partial charge in [0, 0.05) is 25.3 Å². The van der Waals surface area contributed by atoms with Gasteiger partial charge in [-0.05, 0) is 45.4 Å². The second-order valence-corrected chi connectivity index (χ2v) is 7.13. The van der Waals surface area contributed by atoms with Crippen LogP contribution in [0.4, 0.5) is 4.79 Å². The van der Waals surface area contributed by atoms with E-state index in [4.69, 9.17) is 9.15 Å². The third-order valence-corrected chi connectivity index (χ3v) is 5.09. The highest BCUT2D eigenvalue weighted by Gasteiger charge is 2.36. The van der Waals surface area contributed by atoms with E-state index in [1.54, 1.807) is 19.1 Å². The monoisotopic (exact) mass is 404 g/mol. The standard InChI is InChI=1S/C20H28N4O5/c1-3-21-18(25)13-7-5-9-24(11-13)12-14-16(19(26)28-4-2)17(23-20(27)22-14)15-8-6-10-29-15/h6,8,10,13,17H,3-5,7,9,11-12H2,1-2H3,(H,21,25)(H2,22,23,27). The molecule has 9 nitrogen and oxygen atoms in total. The number of nitrogens with one attached hydrogen (secondary N) is 3. The maximum Gasteiger partial charge on any atom is 0.338 e. The highest BCUT2D eigenvalue weighted by atomic mass is 16.5. The Morgan fingerprint density at radius 2 is 2.21 bits per heavy atom. The van der Waals surface area contributed by atoms with Crippen molar-refractivity contribution in [1.82, 2.24) is 20.9 Å². The van der Waals surface area contributed by atoms with Crippen molar-refractivity contribution in [2.45, 2.75) is 32.7 Å². The molecule has 0 spiro atoms. The maximum atomic E-state index is 12.7. The number of furan rings is 1. The van der Waals surface area contributed by atoms with E-state index in [2.05, 4.69) is 20.9 Å². The minimum atomic E-state index is -0.725.